The summed E-state index contributed by atoms with van der Waals surface area (Å²) in [6.45, 7) is 8.39. The van der Waals surface area contributed by atoms with Crippen molar-refractivity contribution in [3.05, 3.63) is 119 Å². The van der Waals surface area contributed by atoms with Gasteiger partial charge in [0.2, 0.25) is 59.1 Å². The topological polar surface area (TPSA) is 543 Å². The van der Waals surface area contributed by atoms with Crippen LogP contribution in [0.4, 0.5) is 32.3 Å². The normalized spacial score (nSPS) is 23.7. The molecule has 9 aliphatic heterocycles. The van der Waals surface area contributed by atoms with Crippen LogP contribution in [-0.4, -0.2) is 264 Å². The summed E-state index contributed by atoms with van der Waals surface area (Å²) in [5.41, 5.74) is 1.47. The molecule has 2 fully saturated rings. The van der Waals surface area contributed by atoms with Crippen LogP contribution in [0.3, 0.4) is 0 Å². The molecule has 18 amide bonds. The molecule has 4 aromatic rings. The zero-order valence-electron chi connectivity index (χ0n) is 75.2. The molecule has 8 bridgehead atoms. The quantitative estimate of drug-likeness (QED) is 0.0808. The average Bonchev–Trinajstić information content (AvgIpc) is 1.61. The molecule has 9 aliphatic rings. The van der Waals surface area contributed by atoms with E-state index in [1.54, 1.807) is 52.0 Å². The molecular formula is C91H114N16O26. The fourth-order valence-electron chi connectivity index (χ4n) is 16.1. The Hall–Kier alpha value is -14.1. The Morgan fingerprint density at radius 1 is 0.459 bits per heavy atom. The molecule has 2 saturated heterocycles. The zero-order valence-corrected chi connectivity index (χ0v) is 75.2. The molecule has 0 saturated carbocycles. The molecule has 4 aromatic carbocycles. The number of carbonyl (C=O) groups is 18. The van der Waals surface area contributed by atoms with Crippen molar-refractivity contribution in [2.24, 2.45) is 11.8 Å². The highest BCUT2D eigenvalue weighted by atomic mass is 16.6. The van der Waals surface area contributed by atoms with Gasteiger partial charge in [-0.2, -0.15) is 0 Å². The van der Waals surface area contributed by atoms with Gasteiger partial charge in [0.25, 0.3) is 35.4 Å². The number of hydrogen-bond donors (Lipinski definition) is 12. The van der Waals surface area contributed by atoms with Gasteiger partial charge in [-0.3, -0.25) is 86.5 Å². The SMILES string of the molecule is COc1cc2c3cc1OCCCCCOc1cc4c(cc1OC)C(=O)N1CCC[C@H]1C(O)N4C(=O)OCc1ccc(cc1)NC(=O)[C@H](C)NC(=O)[C@H](C(C)C)NC(=O)CCCNC(=O)[C@H](NC(=O)CCCN1C(=O)C=CC1=O)[C@H](NC(=O)CCCN1C(=O)C=CC1=O)C(=O)NCCCC(=O)N[C@@H](C(C)C)C(=O)N[C@@H](C)C(=O)Nc1ccc(cc1)COC(=O)N3C(O)[C@@H]1CCCN1C2=O. The number of fused-ring (bicyclic) bond motifs is 4. The van der Waals surface area contributed by atoms with Crippen LogP contribution < -0.4 is 81.9 Å². The molecule has 10 atom stereocenters. The highest BCUT2D eigenvalue weighted by Crippen LogP contribution is 2.44. The van der Waals surface area contributed by atoms with Gasteiger partial charge >= 0.3 is 12.2 Å². The fraction of sp³-hybridized carbons (Fsp3) is 0.495. The van der Waals surface area contributed by atoms with Gasteiger partial charge in [0.15, 0.2) is 35.5 Å². The van der Waals surface area contributed by atoms with Gasteiger partial charge in [0.1, 0.15) is 49.5 Å². The van der Waals surface area contributed by atoms with E-state index >= 15 is 0 Å². The maximum absolute atomic E-state index is 14.5. The van der Waals surface area contributed by atoms with Gasteiger partial charge in [-0.05, 0) is 144 Å². The lowest BCUT2D eigenvalue weighted by atomic mass is 10.0. The number of rotatable bonds is 14. The van der Waals surface area contributed by atoms with E-state index in [9.17, 15) is 96.5 Å². The van der Waals surface area contributed by atoms with E-state index in [1.807, 2.05) is 0 Å². The summed E-state index contributed by atoms with van der Waals surface area (Å²) >= 11 is 0. The van der Waals surface area contributed by atoms with Crippen molar-refractivity contribution in [1.29, 1.82) is 0 Å². The molecule has 0 aromatic heterocycles. The number of methoxy groups -OCH3 is 2. The summed E-state index contributed by atoms with van der Waals surface area (Å²) in [4.78, 5) is 253. The summed E-state index contributed by atoms with van der Waals surface area (Å²) in [6, 6.07) is 7.73. The molecule has 714 valence electrons. The van der Waals surface area contributed by atoms with Crippen LogP contribution in [0, 0.1) is 11.8 Å². The highest BCUT2D eigenvalue weighted by molar-refractivity contribution is 6.14. The molecule has 42 nitrogen and oxygen atoms in total. The van der Waals surface area contributed by atoms with Gasteiger partial charge < -0.3 is 102 Å². The number of hydrogen-bond acceptors (Lipinski definition) is 26. The standard InChI is InChI=1S/C91H114N16O26/c1-50(2)76-84(120)94-52(5)80(116)96-56-28-24-54(25-29-56)48-132-90(126)106-62-46-66(64(128-7)44-58(62)86(122)102-38-14-18-60(102)88(106)124)130-42-10-9-11-43-131-67-47-63-59(45-65(67)129-8)87(123)103-39-15-19-61(103)89(125)107(63)91(127)133-49-55-26-30-57(31-27-55)97-81(117)53(6)95-85(121)77(51(3)4)99-69(109)21-13-37-93-83(119)79(101-71(111)23-17-41-105-74(114)34-35-75(105)115)78(82(118)92-36-12-20-68(108)98-76)100-70(110)22-16-40-104-72(112)32-33-73(104)113/h24-35,44-47,50-53,60-61,76-79,88-89,124-125H,9-23,36-43,48-49H2,1-8H3,(H,92,118)(H,93,119)(H,94,120)(H,95,121)(H,96,116)(H,97,117)(H,98,108)(H,99,109)(H,100,110)(H,101,111)/t52-,53-,60-,61-,76-,77-,78-,79+,88?,89?/m0/s1. The first-order chi connectivity index (χ1) is 63.6. The predicted octanol–water partition coefficient (Wildman–Crippen LogP) is 2.85. The first-order valence-corrected chi connectivity index (χ1v) is 44.4. The second-order valence-electron chi connectivity index (χ2n) is 33.7. The molecule has 0 aliphatic carbocycles. The molecule has 42 heteroatoms. The van der Waals surface area contributed by atoms with Crippen molar-refractivity contribution in [2.75, 3.05) is 87.1 Å². The Balaban J connectivity index is 0.805. The summed E-state index contributed by atoms with van der Waals surface area (Å²) in [7, 11) is 2.78. The predicted molar refractivity (Wildman–Crippen MR) is 474 cm³/mol. The maximum atomic E-state index is 14.5. The second kappa shape index (κ2) is 46.2. The monoisotopic (exact) mass is 1850 g/mol. The van der Waals surface area contributed by atoms with Gasteiger partial charge in [0.05, 0.1) is 62.0 Å². The van der Waals surface area contributed by atoms with Gasteiger partial charge in [-0.1, -0.05) is 52.0 Å². The number of anilines is 4. The lowest BCUT2D eigenvalue weighted by Gasteiger charge is -2.31. The molecule has 12 N–H and O–H groups in total. The Kier molecular flexibility index (Phi) is 34.5. The largest absolute Gasteiger partial charge is 0.493 e. The van der Waals surface area contributed by atoms with E-state index in [0.717, 1.165) is 43.9 Å². The number of nitrogens with zero attached hydrogens (tertiary/aromatic N) is 6. The fourth-order valence-corrected chi connectivity index (χ4v) is 16.1. The second-order valence-corrected chi connectivity index (χ2v) is 33.7. The molecule has 2 unspecified atom stereocenters. The van der Waals surface area contributed by atoms with Crippen molar-refractivity contribution in [1.82, 2.24) is 62.1 Å². The van der Waals surface area contributed by atoms with E-state index in [0.29, 0.717) is 69.2 Å². The summed E-state index contributed by atoms with van der Waals surface area (Å²) in [5.74, 6) is -12.1. The minimum atomic E-state index is -1.96. The van der Waals surface area contributed by atoms with Crippen LogP contribution in [0.5, 0.6) is 23.0 Å². The van der Waals surface area contributed by atoms with E-state index in [1.165, 1.54) is 86.4 Å². The lowest BCUT2D eigenvalue weighted by Crippen LogP contribution is -2.63. The van der Waals surface area contributed by atoms with Gasteiger partial charge in [-0.15, -0.1) is 0 Å². The van der Waals surface area contributed by atoms with E-state index in [4.69, 9.17) is 28.4 Å². The molecule has 9 heterocycles. The first-order valence-electron chi connectivity index (χ1n) is 44.4. The average molecular weight is 1850 g/mol. The van der Waals surface area contributed by atoms with E-state index in [2.05, 4.69) is 53.2 Å². The molecule has 13 rings (SSSR count). The lowest BCUT2D eigenvalue weighted by molar-refractivity contribution is -0.139. The molecule has 133 heavy (non-hydrogen) atoms. The van der Waals surface area contributed by atoms with E-state index < -0.39 is 192 Å². The van der Waals surface area contributed by atoms with Crippen LogP contribution in [0.2, 0.25) is 0 Å². The van der Waals surface area contributed by atoms with Crippen LogP contribution >= 0.6 is 0 Å². The Labute approximate surface area is 766 Å². The number of carbonyl (C=O) groups excluding carboxylic acids is 18. The maximum Gasteiger partial charge on any atom is 0.416 e. The van der Waals surface area contributed by atoms with Crippen LogP contribution in [0.25, 0.3) is 0 Å². The van der Waals surface area contributed by atoms with Crippen molar-refractivity contribution >= 4 is 129 Å². The van der Waals surface area contributed by atoms with Crippen molar-refractivity contribution in [3.8, 4) is 23.0 Å². The third-order valence-corrected chi connectivity index (χ3v) is 23.4. The number of aliphatic hydroxyl groups excluding tert-OH is 2. The van der Waals surface area contributed by atoms with Crippen molar-refractivity contribution < 1.29 is 125 Å². The van der Waals surface area contributed by atoms with Crippen LogP contribution in [-0.2, 0) is 89.8 Å². The summed E-state index contributed by atoms with van der Waals surface area (Å²) in [6.07, 6.45) is 0.180. The van der Waals surface area contributed by atoms with Crippen LogP contribution in [0.1, 0.15) is 170 Å². The molecule has 0 spiro atoms. The smallest absolute Gasteiger partial charge is 0.416 e. The van der Waals surface area contributed by atoms with Gasteiger partial charge in [-0.25, -0.2) is 19.4 Å². The third-order valence-electron chi connectivity index (χ3n) is 23.4. The summed E-state index contributed by atoms with van der Waals surface area (Å²) < 4.78 is 35.7. The van der Waals surface area contributed by atoms with Gasteiger partial charge in [0, 0.05) is 113 Å². The third kappa shape index (κ3) is 25.4. The number of imide groups is 2. The molecular weight excluding hydrogens is 1730 g/mol. The number of aliphatic hydroxyl groups is 2. The summed E-state index contributed by atoms with van der Waals surface area (Å²) in [5, 5.41) is 50.2. The Morgan fingerprint density at radius 3 is 1.18 bits per heavy atom. The van der Waals surface area contributed by atoms with Crippen molar-refractivity contribution in [2.45, 2.75) is 212 Å². The number of benzene rings is 4. The van der Waals surface area contributed by atoms with Crippen LogP contribution in [0.15, 0.2) is 97.1 Å². The minimum absolute atomic E-state index is 0.00923. The number of amides is 18. The van der Waals surface area contributed by atoms with Crippen molar-refractivity contribution in [3.63, 3.8) is 0 Å². The molecule has 0 radical (unpaired) electrons. The number of ether oxygens (including phenoxy) is 6. The zero-order chi connectivity index (χ0) is 96.0. The number of nitrogens with one attached hydrogen (secondary N) is 10. The first kappa shape index (κ1) is 99.5. The minimum Gasteiger partial charge on any atom is -0.493 e. The Bertz CT molecular complexity index is 4790. The highest BCUT2D eigenvalue weighted by Gasteiger charge is 2.48. The van der Waals surface area contributed by atoms with E-state index in [-0.39, 0.29) is 148 Å². The Morgan fingerprint density at radius 2 is 0.827 bits per heavy atom.